The maximum Gasteiger partial charge on any atom is 0.306 e. The molecule has 0 aliphatic heterocycles. The number of thiophene rings is 1. The van der Waals surface area contributed by atoms with E-state index in [1.165, 1.54) is 22.5 Å². The van der Waals surface area contributed by atoms with Gasteiger partial charge in [-0.2, -0.15) is 0 Å². The second-order valence-electron chi connectivity index (χ2n) is 6.36. The van der Waals surface area contributed by atoms with Crippen LogP contribution in [0.3, 0.4) is 0 Å². The van der Waals surface area contributed by atoms with Crippen LogP contribution in [-0.2, 0) is 22.4 Å². The van der Waals surface area contributed by atoms with Crippen molar-refractivity contribution in [3.05, 3.63) is 56.2 Å². The molecule has 0 fully saturated rings. The lowest BCUT2D eigenvalue weighted by Crippen LogP contribution is -2.24. The lowest BCUT2D eigenvalue weighted by molar-refractivity contribution is -0.146. The van der Waals surface area contributed by atoms with Gasteiger partial charge in [0.25, 0.3) is 0 Å². The summed E-state index contributed by atoms with van der Waals surface area (Å²) in [7, 11) is 0. The lowest BCUT2D eigenvalue weighted by atomic mass is 10.0. The largest absolute Gasteiger partial charge is 0.454 e. The Morgan fingerprint density at radius 3 is 2.62 bits per heavy atom. The van der Waals surface area contributed by atoms with Gasteiger partial charge >= 0.3 is 5.97 Å². The summed E-state index contributed by atoms with van der Waals surface area (Å²) in [6, 6.07) is 8.96. The minimum absolute atomic E-state index is 0.0371. The van der Waals surface area contributed by atoms with Crippen LogP contribution in [-0.4, -0.2) is 23.6 Å². The van der Waals surface area contributed by atoms with Crippen LogP contribution in [0.5, 0.6) is 0 Å². The Kier molecular flexibility index (Phi) is 5.89. The van der Waals surface area contributed by atoms with E-state index in [4.69, 9.17) is 16.3 Å². The highest BCUT2D eigenvalue weighted by atomic mass is 35.5. The number of carbonyl (C=O) groups is 3. The molecule has 0 spiro atoms. The second-order valence-corrected chi connectivity index (χ2v) is 8.08. The van der Waals surface area contributed by atoms with Crippen molar-refractivity contribution in [1.82, 2.24) is 0 Å². The van der Waals surface area contributed by atoms with Crippen LogP contribution in [0.15, 0.2) is 30.3 Å². The predicted octanol–water partition coefficient (Wildman–Crippen LogP) is 4.67. The van der Waals surface area contributed by atoms with Gasteiger partial charge < -0.3 is 4.74 Å². The van der Waals surface area contributed by atoms with Gasteiger partial charge in [0, 0.05) is 12.0 Å². The monoisotopic (exact) mass is 390 g/mol. The molecule has 136 valence electrons. The molecule has 1 aliphatic carbocycles. The van der Waals surface area contributed by atoms with E-state index in [-0.39, 0.29) is 24.4 Å². The molecule has 0 saturated heterocycles. The minimum atomic E-state index is -0.867. The number of fused-ring (bicyclic) bond motifs is 1. The molecule has 0 unspecified atom stereocenters. The Morgan fingerprint density at radius 1 is 1.12 bits per heavy atom. The summed E-state index contributed by atoms with van der Waals surface area (Å²) in [5.74, 6) is -0.927. The van der Waals surface area contributed by atoms with Gasteiger partial charge in [-0.1, -0.05) is 23.7 Å². The molecular weight excluding hydrogens is 372 g/mol. The molecule has 3 rings (SSSR count). The first-order chi connectivity index (χ1) is 12.4. The standard InChI is InChI=1S/C20H19ClO4S/c1-12(20(24)15-6-5-13-3-2-4-14(13)11-15)25-19(23)10-7-16(22)17-8-9-18(21)26-17/h5-6,8-9,11-12H,2-4,7,10H2,1H3/t12-/m0/s1. The average molecular weight is 391 g/mol. The summed E-state index contributed by atoms with van der Waals surface area (Å²) in [5.41, 5.74) is 3.06. The van der Waals surface area contributed by atoms with Crippen LogP contribution < -0.4 is 0 Å². The first kappa shape index (κ1) is 18.8. The molecular formula is C20H19ClO4S. The summed E-state index contributed by atoms with van der Waals surface area (Å²) in [6.07, 6.45) is 2.26. The number of ether oxygens (including phenoxy) is 1. The Hall–Kier alpha value is -1.98. The Labute approximate surface area is 161 Å². The molecule has 0 bridgehead atoms. The van der Waals surface area contributed by atoms with E-state index in [2.05, 4.69) is 0 Å². The zero-order valence-electron chi connectivity index (χ0n) is 14.4. The Morgan fingerprint density at radius 2 is 1.88 bits per heavy atom. The van der Waals surface area contributed by atoms with Crippen molar-refractivity contribution in [2.24, 2.45) is 0 Å². The van der Waals surface area contributed by atoms with E-state index in [1.54, 1.807) is 25.1 Å². The van der Waals surface area contributed by atoms with E-state index in [0.717, 1.165) is 19.3 Å². The van der Waals surface area contributed by atoms with Gasteiger partial charge in [-0.15, -0.1) is 11.3 Å². The molecule has 6 heteroatoms. The smallest absolute Gasteiger partial charge is 0.306 e. The van der Waals surface area contributed by atoms with Gasteiger partial charge in [-0.3, -0.25) is 14.4 Å². The summed E-state index contributed by atoms with van der Waals surface area (Å²) < 4.78 is 5.75. The van der Waals surface area contributed by atoms with Gasteiger partial charge in [0.15, 0.2) is 11.9 Å². The second kappa shape index (κ2) is 8.14. The molecule has 0 amide bonds. The fraction of sp³-hybridized carbons (Fsp3) is 0.350. The third-order valence-corrected chi connectivity index (χ3v) is 5.74. The minimum Gasteiger partial charge on any atom is -0.454 e. The zero-order chi connectivity index (χ0) is 18.7. The molecule has 2 aromatic rings. The number of carbonyl (C=O) groups excluding carboxylic acids is 3. The summed E-state index contributed by atoms with van der Waals surface area (Å²) in [5, 5.41) is 0. The molecule has 0 saturated carbocycles. The number of halogens is 1. The van der Waals surface area contributed by atoms with Crippen molar-refractivity contribution >= 4 is 40.5 Å². The van der Waals surface area contributed by atoms with E-state index in [0.29, 0.717) is 14.8 Å². The van der Waals surface area contributed by atoms with Crippen LogP contribution in [0.1, 0.15) is 57.3 Å². The lowest BCUT2D eigenvalue weighted by Gasteiger charge is -2.13. The van der Waals surface area contributed by atoms with Crippen molar-refractivity contribution < 1.29 is 19.1 Å². The SMILES string of the molecule is C[C@H](OC(=O)CCC(=O)c1ccc(Cl)s1)C(=O)c1ccc2c(c1)CCC2. The number of esters is 1. The quantitative estimate of drug-likeness (QED) is 0.509. The fourth-order valence-electron chi connectivity index (χ4n) is 3.07. The van der Waals surface area contributed by atoms with Crippen molar-refractivity contribution in [2.75, 3.05) is 0 Å². The molecule has 1 aliphatic rings. The molecule has 26 heavy (non-hydrogen) atoms. The Bertz CT molecular complexity index is 855. The topological polar surface area (TPSA) is 60.4 Å². The molecule has 1 aromatic carbocycles. The predicted molar refractivity (Wildman–Crippen MR) is 101 cm³/mol. The van der Waals surface area contributed by atoms with E-state index >= 15 is 0 Å². The number of ketones is 2. The number of hydrogen-bond acceptors (Lipinski definition) is 5. The van der Waals surface area contributed by atoms with Crippen molar-refractivity contribution in [1.29, 1.82) is 0 Å². The zero-order valence-corrected chi connectivity index (χ0v) is 16.0. The van der Waals surface area contributed by atoms with Gasteiger partial charge in [0.2, 0.25) is 5.78 Å². The van der Waals surface area contributed by atoms with Gasteiger partial charge in [-0.25, -0.2) is 0 Å². The number of hydrogen-bond donors (Lipinski definition) is 0. The van der Waals surface area contributed by atoms with Crippen LogP contribution >= 0.6 is 22.9 Å². The fourth-order valence-corrected chi connectivity index (χ4v) is 4.08. The van der Waals surface area contributed by atoms with Crippen molar-refractivity contribution in [3.63, 3.8) is 0 Å². The molecule has 1 atom stereocenters. The van der Waals surface area contributed by atoms with Crippen LogP contribution in [0, 0.1) is 0 Å². The highest BCUT2D eigenvalue weighted by Gasteiger charge is 2.22. The first-order valence-electron chi connectivity index (χ1n) is 8.58. The van der Waals surface area contributed by atoms with Crippen molar-refractivity contribution in [3.8, 4) is 0 Å². The molecule has 0 radical (unpaired) electrons. The first-order valence-corrected chi connectivity index (χ1v) is 9.77. The maximum atomic E-state index is 12.5. The third kappa shape index (κ3) is 4.40. The summed E-state index contributed by atoms with van der Waals surface area (Å²) >= 11 is 6.98. The van der Waals surface area contributed by atoms with E-state index in [9.17, 15) is 14.4 Å². The molecule has 4 nitrogen and oxygen atoms in total. The van der Waals surface area contributed by atoms with Crippen LogP contribution in [0.25, 0.3) is 0 Å². The summed E-state index contributed by atoms with van der Waals surface area (Å²) in [6.45, 7) is 1.56. The van der Waals surface area contributed by atoms with Crippen LogP contribution in [0.2, 0.25) is 4.34 Å². The van der Waals surface area contributed by atoms with Gasteiger partial charge in [0.1, 0.15) is 0 Å². The van der Waals surface area contributed by atoms with Crippen LogP contribution in [0.4, 0.5) is 0 Å². The number of Topliss-reactive ketones (excluding diaryl/α,β-unsaturated/α-hetero) is 2. The number of benzene rings is 1. The normalized spacial score (nSPS) is 13.9. The number of rotatable bonds is 7. The van der Waals surface area contributed by atoms with E-state index in [1.807, 2.05) is 12.1 Å². The van der Waals surface area contributed by atoms with Crippen molar-refractivity contribution in [2.45, 2.75) is 45.1 Å². The molecule has 1 aromatic heterocycles. The average Bonchev–Trinajstić information content (AvgIpc) is 3.26. The number of aryl methyl sites for hydroxylation is 2. The van der Waals surface area contributed by atoms with Gasteiger partial charge in [0.05, 0.1) is 15.6 Å². The van der Waals surface area contributed by atoms with E-state index < -0.39 is 12.1 Å². The summed E-state index contributed by atoms with van der Waals surface area (Å²) in [4.78, 5) is 37.0. The van der Waals surface area contributed by atoms with Gasteiger partial charge in [-0.05, 0) is 55.5 Å². The maximum absolute atomic E-state index is 12.5. The Balaban J connectivity index is 1.52. The molecule has 0 N–H and O–H groups in total. The molecule has 1 heterocycles. The third-order valence-electron chi connectivity index (χ3n) is 4.46. The highest BCUT2D eigenvalue weighted by molar-refractivity contribution is 7.18. The highest BCUT2D eigenvalue weighted by Crippen LogP contribution is 2.24.